The topological polar surface area (TPSA) is 66.8 Å². The molecule has 0 spiro atoms. The summed E-state index contributed by atoms with van der Waals surface area (Å²) in [7, 11) is 1.71. The van der Waals surface area contributed by atoms with Gasteiger partial charge in [-0.05, 0) is 27.2 Å². The van der Waals surface area contributed by atoms with Crippen molar-refractivity contribution in [2.45, 2.75) is 38.8 Å². The molecule has 0 saturated carbocycles. The maximum atomic E-state index is 10.2. The molecule has 1 N–H and O–H groups in total. The van der Waals surface area contributed by atoms with Gasteiger partial charge in [-0.1, -0.05) is 0 Å². The summed E-state index contributed by atoms with van der Waals surface area (Å²) in [5.74, 6) is -0.909. The molecule has 0 aromatic rings. The zero-order chi connectivity index (χ0) is 12.1. The van der Waals surface area contributed by atoms with Gasteiger partial charge in [-0.2, -0.15) is 0 Å². The molecule has 1 heterocycles. The number of carboxylic acid groups (broad SMARTS) is 1. The molecule has 1 amide bonds. The van der Waals surface area contributed by atoms with Crippen LogP contribution in [0.4, 0.5) is 0 Å². The lowest BCUT2D eigenvalue weighted by molar-refractivity contribution is -0.152. The first-order chi connectivity index (χ1) is 6.81. The van der Waals surface area contributed by atoms with Crippen molar-refractivity contribution in [1.82, 2.24) is 4.90 Å². The van der Waals surface area contributed by atoms with Crippen molar-refractivity contribution >= 4 is 12.4 Å². The average molecular weight is 217 g/mol. The second-order valence-electron chi connectivity index (χ2n) is 4.30. The summed E-state index contributed by atoms with van der Waals surface area (Å²) in [6, 6.07) is -0.553. The Labute approximate surface area is 90.0 Å². The SMILES string of the molecule is COC(C)(C)C.O=CN1CCC1C(=O)O. The summed E-state index contributed by atoms with van der Waals surface area (Å²) in [6.07, 6.45) is 1.16. The molecule has 1 atom stereocenters. The van der Waals surface area contributed by atoms with Gasteiger partial charge in [-0.25, -0.2) is 4.79 Å². The van der Waals surface area contributed by atoms with Gasteiger partial charge in [0.05, 0.1) is 5.60 Å². The number of carbonyl (C=O) groups excluding carboxylic acids is 1. The van der Waals surface area contributed by atoms with Crippen molar-refractivity contribution < 1.29 is 19.4 Å². The van der Waals surface area contributed by atoms with Gasteiger partial charge in [-0.3, -0.25) is 4.79 Å². The van der Waals surface area contributed by atoms with Gasteiger partial charge in [0.15, 0.2) is 0 Å². The third-order valence-electron chi connectivity index (χ3n) is 2.09. The first-order valence-electron chi connectivity index (χ1n) is 4.81. The van der Waals surface area contributed by atoms with Crippen LogP contribution in [0.3, 0.4) is 0 Å². The summed E-state index contributed by atoms with van der Waals surface area (Å²) >= 11 is 0. The van der Waals surface area contributed by atoms with Gasteiger partial charge in [0, 0.05) is 13.7 Å². The number of hydrogen-bond acceptors (Lipinski definition) is 3. The molecule has 1 saturated heterocycles. The number of hydrogen-bond donors (Lipinski definition) is 1. The molecule has 5 heteroatoms. The molecule has 0 radical (unpaired) electrons. The van der Waals surface area contributed by atoms with E-state index in [4.69, 9.17) is 9.84 Å². The molecule has 5 nitrogen and oxygen atoms in total. The minimum absolute atomic E-state index is 0.0417. The molecule has 1 fully saturated rings. The van der Waals surface area contributed by atoms with E-state index >= 15 is 0 Å². The van der Waals surface area contributed by atoms with Crippen LogP contribution in [0.5, 0.6) is 0 Å². The van der Waals surface area contributed by atoms with E-state index in [1.807, 2.05) is 20.8 Å². The third kappa shape index (κ3) is 5.37. The van der Waals surface area contributed by atoms with Crippen molar-refractivity contribution in [2.75, 3.05) is 13.7 Å². The number of likely N-dealkylation sites (tertiary alicyclic amines) is 1. The monoisotopic (exact) mass is 217 g/mol. The lowest BCUT2D eigenvalue weighted by Crippen LogP contribution is -2.51. The van der Waals surface area contributed by atoms with Gasteiger partial charge < -0.3 is 14.7 Å². The van der Waals surface area contributed by atoms with Crippen molar-refractivity contribution in [2.24, 2.45) is 0 Å². The highest BCUT2D eigenvalue weighted by molar-refractivity contribution is 5.77. The fourth-order valence-corrected chi connectivity index (χ4v) is 0.799. The lowest BCUT2D eigenvalue weighted by Gasteiger charge is -2.34. The highest BCUT2D eigenvalue weighted by atomic mass is 16.5. The number of rotatable bonds is 2. The normalized spacial score (nSPS) is 19.7. The van der Waals surface area contributed by atoms with Crippen molar-refractivity contribution in [3.63, 3.8) is 0 Å². The fraction of sp³-hybridized carbons (Fsp3) is 0.800. The quantitative estimate of drug-likeness (QED) is 0.692. The number of ether oxygens (including phenoxy) is 1. The second-order valence-corrected chi connectivity index (χ2v) is 4.30. The van der Waals surface area contributed by atoms with E-state index in [1.165, 1.54) is 4.90 Å². The van der Waals surface area contributed by atoms with Crippen LogP contribution in [0.2, 0.25) is 0 Å². The average Bonchev–Trinajstić information content (AvgIpc) is 2.02. The Hall–Kier alpha value is -1.10. The Morgan fingerprint density at radius 2 is 2.00 bits per heavy atom. The fourth-order valence-electron chi connectivity index (χ4n) is 0.799. The first-order valence-corrected chi connectivity index (χ1v) is 4.81. The van der Waals surface area contributed by atoms with E-state index in [1.54, 1.807) is 7.11 Å². The minimum Gasteiger partial charge on any atom is -0.480 e. The zero-order valence-corrected chi connectivity index (χ0v) is 9.69. The standard InChI is InChI=1S/C5H7NO3.C5H12O/c7-3-6-2-1-4(6)5(8)9;1-5(2,3)6-4/h3-4H,1-2H2,(H,8,9);1-4H3. The summed E-state index contributed by atoms with van der Waals surface area (Å²) in [5.41, 5.74) is 0.0417. The minimum atomic E-state index is -0.909. The van der Waals surface area contributed by atoms with Gasteiger partial charge in [0.2, 0.25) is 6.41 Å². The molecule has 0 bridgehead atoms. The lowest BCUT2D eigenvalue weighted by atomic mass is 10.1. The predicted octanol–water partition coefficient (Wildman–Crippen LogP) is 0.733. The van der Waals surface area contributed by atoms with Crippen LogP contribution in [0.1, 0.15) is 27.2 Å². The van der Waals surface area contributed by atoms with E-state index in [9.17, 15) is 9.59 Å². The van der Waals surface area contributed by atoms with Crippen LogP contribution in [0.15, 0.2) is 0 Å². The molecule has 0 aliphatic carbocycles. The summed E-state index contributed by atoms with van der Waals surface area (Å²) in [6.45, 7) is 6.65. The third-order valence-corrected chi connectivity index (χ3v) is 2.09. The Morgan fingerprint density at radius 3 is 2.07 bits per heavy atom. The molecule has 88 valence electrons. The molecule has 15 heavy (non-hydrogen) atoms. The van der Waals surface area contributed by atoms with E-state index in [0.29, 0.717) is 19.4 Å². The highest BCUT2D eigenvalue weighted by Gasteiger charge is 2.32. The highest BCUT2D eigenvalue weighted by Crippen LogP contribution is 2.13. The Balaban J connectivity index is 0.000000288. The number of nitrogens with zero attached hydrogens (tertiary/aromatic N) is 1. The van der Waals surface area contributed by atoms with Crippen LogP contribution in [0.25, 0.3) is 0 Å². The number of amides is 1. The van der Waals surface area contributed by atoms with E-state index in [2.05, 4.69) is 0 Å². The summed E-state index contributed by atoms with van der Waals surface area (Å²) in [5, 5.41) is 8.33. The maximum Gasteiger partial charge on any atom is 0.326 e. The van der Waals surface area contributed by atoms with Crippen LogP contribution < -0.4 is 0 Å². The molecule has 1 unspecified atom stereocenters. The maximum absolute atomic E-state index is 10.2. The Kier molecular flexibility index (Phi) is 5.28. The summed E-state index contributed by atoms with van der Waals surface area (Å²) < 4.78 is 4.94. The van der Waals surface area contributed by atoms with Crippen LogP contribution in [-0.4, -0.2) is 47.7 Å². The molecule has 1 aliphatic heterocycles. The summed E-state index contributed by atoms with van der Waals surface area (Å²) in [4.78, 5) is 21.4. The van der Waals surface area contributed by atoms with Crippen LogP contribution in [0, 0.1) is 0 Å². The Morgan fingerprint density at radius 1 is 1.53 bits per heavy atom. The van der Waals surface area contributed by atoms with Crippen molar-refractivity contribution in [1.29, 1.82) is 0 Å². The molecule has 0 aromatic carbocycles. The molecule has 1 aliphatic rings. The smallest absolute Gasteiger partial charge is 0.326 e. The van der Waals surface area contributed by atoms with Crippen molar-refractivity contribution in [3.8, 4) is 0 Å². The second kappa shape index (κ2) is 5.70. The number of methoxy groups -OCH3 is 1. The van der Waals surface area contributed by atoms with Gasteiger partial charge >= 0.3 is 5.97 Å². The molecular formula is C10H19NO4. The molecular weight excluding hydrogens is 198 g/mol. The predicted molar refractivity (Wildman–Crippen MR) is 55.6 cm³/mol. The van der Waals surface area contributed by atoms with Crippen molar-refractivity contribution in [3.05, 3.63) is 0 Å². The molecule has 1 rings (SSSR count). The molecule has 0 aromatic heterocycles. The van der Waals surface area contributed by atoms with Crippen LogP contribution >= 0.6 is 0 Å². The van der Waals surface area contributed by atoms with Gasteiger partial charge in [0.1, 0.15) is 6.04 Å². The van der Waals surface area contributed by atoms with Gasteiger partial charge in [0.25, 0.3) is 0 Å². The number of carbonyl (C=O) groups is 2. The zero-order valence-electron chi connectivity index (χ0n) is 9.69. The van der Waals surface area contributed by atoms with E-state index < -0.39 is 12.0 Å². The Bertz CT molecular complexity index is 222. The van der Waals surface area contributed by atoms with Gasteiger partial charge in [-0.15, -0.1) is 0 Å². The first kappa shape index (κ1) is 13.9. The number of carboxylic acids is 1. The van der Waals surface area contributed by atoms with Crippen LogP contribution in [-0.2, 0) is 14.3 Å². The largest absolute Gasteiger partial charge is 0.480 e. The van der Waals surface area contributed by atoms with E-state index in [-0.39, 0.29) is 5.60 Å². The number of aliphatic carboxylic acids is 1. The van der Waals surface area contributed by atoms with E-state index in [0.717, 1.165) is 0 Å².